The molecule has 0 amide bonds. The third-order valence-corrected chi connectivity index (χ3v) is 22.3. The van der Waals surface area contributed by atoms with E-state index in [0.717, 1.165) is 128 Å². The molecule has 618 valence electrons. The number of para-hydroxylation sites is 1. The first kappa shape index (κ1) is 85.4. The van der Waals surface area contributed by atoms with Crippen molar-refractivity contribution in [2.75, 3.05) is 45.4 Å². The lowest BCUT2D eigenvalue weighted by Crippen LogP contribution is -2.19. The number of nitrogen functional groups attached to an aromatic ring is 1. The highest BCUT2D eigenvalue weighted by atomic mass is 35.5. The Labute approximate surface area is 738 Å². The summed E-state index contributed by atoms with van der Waals surface area (Å²) in [6.45, 7) is 18.1. The van der Waals surface area contributed by atoms with Crippen LogP contribution in [0.5, 0.6) is 11.5 Å². The summed E-state index contributed by atoms with van der Waals surface area (Å²) in [7, 11) is 5.65. The van der Waals surface area contributed by atoms with Gasteiger partial charge < -0.3 is 35.4 Å². The molecule has 8 aromatic heterocycles. The Morgan fingerprint density at radius 2 is 0.866 bits per heavy atom. The molecule has 0 aliphatic carbocycles. The number of likely N-dealkylation sites (N-methyl/N-ethyl adjacent to an activating group) is 1. The summed E-state index contributed by atoms with van der Waals surface area (Å²) in [4.78, 5) is 49.8. The SMILES string of the molecule is COc1cc2c(cc1OCCN(C)C)ncc1c3ccc(C#N)cc3[nH]c21.Cc1cc2ncc(-c3ccc(C#N)cc3)nc2cc1C.Cc1cc2ncc(-c3ccc(C#N)cc3N)nc2cc1C.Cc1cc2ncc3c4ccccc4[nH]c3c2cc1C.Cc1cc2nccc(Nc3cccc(C#N)c3)c2cc1C.N#Cc1cccc(-c2cnc3cc(Cl)ccc3n2)c1. The summed E-state index contributed by atoms with van der Waals surface area (Å²) < 4.78 is 11.4. The van der Waals surface area contributed by atoms with Crippen LogP contribution in [0.25, 0.3) is 143 Å². The maximum Gasteiger partial charge on any atom is 0.163 e. The van der Waals surface area contributed by atoms with E-state index in [2.05, 4.69) is 211 Å². The average molecular weight is 1680 g/mol. The fraction of sp³-hybridized carbons (Fsp3) is 0.124. The van der Waals surface area contributed by atoms with Crippen molar-refractivity contribution in [1.82, 2.24) is 59.7 Å². The summed E-state index contributed by atoms with van der Waals surface area (Å²) in [5, 5.41) is 56.5. The van der Waals surface area contributed by atoms with Gasteiger partial charge in [0, 0.05) is 119 Å². The van der Waals surface area contributed by atoms with Gasteiger partial charge in [0.1, 0.15) is 6.61 Å². The zero-order valence-corrected chi connectivity index (χ0v) is 72.4. The highest BCUT2D eigenvalue weighted by Gasteiger charge is 2.18. The zero-order chi connectivity index (χ0) is 89.1. The highest BCUT2D eigenvalue weighted by molar-refractivity contribution is 6.31. The van der Waals surface area contributed by atoms with Crippen LogP contribution in [0.15, 0.2) is 256 Å². The normalized spacial score (nSPS) is 10.8. The average Bonchev–Trinajstić information content (AvgIpc) is 1.61. The van der Waals surface area contributed by atoms with Crippen molar-refractivity contribution in [2.45, 2.75) is 55.4 Å². The van der Waals surface area contributed by atoms with Crippen LogP contribution < -0.4 is 20.5 Å². The fourth-order valence-corrected chi connectivity index (χ4v) is 14.7. The molecule has 21 nitrogen and oxygen atoms in total. The molecule has 0 radical (unpaired) electrons. The molecule has 0 saturated heterocycles. The van der Waals surface area contributed by atoms with Crippen LogP contribution in [0.3, 0.4) is 0 Å². The van der Waals surface area contributed by atoms with Crippen LogP contribution >= 0.6 is 11.6 Å². The summed E-state index contributed by atoms with van der Waals surface area (Å²) in [5.74, 6) is 1.36. The summed E-state index contributed by atoms with van der Waals surface area (Å²) in [6, 6.07) is 80.0. The number of aromatic amines is 2. The molecule has 20 rings (SSSR count). The van der Waals surface area contributed by atoms with Gasteiger partial charge in [-0.25, -0.2) is 15.0 Å². The third-order valence-electron chi connectivity index (χ3n) is 22.1. The van der Waals surface area contributed by atoms with Crippen LogP contribution in [0, 0.1) is 112 Å². The van der Waals surface area contributed by atoms with Gasteiger partial charge in [-0.3, -0.25) is 29.9 Å². The number of methoxy groups -OCH3 is 1. The Morgan fingerprint density at radius 1 is 0.378 bits per heavy atom. The molecule has 0 aliphatic heterocycles. The van der Waals surface area contributed by atoms with E-state index >= 15 is 0 Å². The van der Waals surface area contributed by atoms with E-state index in [1.165, 1.54) is 71.7 Å². The number of fused-ring (bicyclic) bond motifs is 14. The molecule has 0 saturated carbocycles. The lowest BCUT2D eigenvalue weighted by molar-refractivity contribution is 0.251. The Kier molecular flexibility index (Phi) is 25.4. The number of ether oxygens (including phenoxy) is 2. The second-order valence-electron chi connectivity index (χ2n) is 31.1. The first-order valence-electron chi connectivity index (χ1n) is 40.7. The van der Waals surface area contributed by atoms with E-state index in [1.54, 1.807) is 86.5 Å². The largest absolute Gasteiger partial charge is 0.493 e. The summed E-state index contributed by atoms with van der Waals surface area (Å²) in [5.41, 5.74) is 38.5. The first-order chi connectivity index (χ1) is 61.5. The number of hydrogen-bond donors (Lipinski definition) is 4. The number of aromatic nitrogens is 11. The number of nitriles is 5. The molecule has 5 N–H and O–H groups in total. The van der Waals surface area contributed by atoms with E-state index in [1.807, 2.05) is 130 Å². The van der Waals surface area contributed by atoms with Crippen molar-refractivity contribution in [3.05, 3.63) is 333 Å². The predicted octanol–water partition coefficient (Wildman–Crippen LogP) is 23.6. The lowest BCUT2D eigenvalue weighted by atomic mass is 10.0. The quantitative estimate of drug-likeness (QED) is 0.0924. The Bertz CT molecular complexity index is 7900. The van der Waals surface area contributed by atoms with Crippen LogP contribution in [0.1, 0.15) is 72.3 Å². The molecule has 0 spiro atoms. The molecule has 127 heavy (non-hydrogen) atoms. The molecule has 12 aromatic carbocycles. The van der Waals surface area contributed by atoms with Gasteiger partial charge in [-0.15, -0.1) is 0 Å². The summed E-state index contributed by atoms with van der Waals surface area (Å²) >= 11 is 5.91. The molecule has 0 fully saturated rings. The Morgan fingerprint density at radius 3 is 1.50 bits per heavy atom. The number of pyridine rings is 3. The van der Waals surface area contributed by atoms with Gasteiger partial charge in [0.05, 0.1) is 162 Å². The third kappa shape index (κ3) is 19.2. The van der Waals surface area contributed by atoms with Crippen molar-refractivity contribution in [2.24, 2.45) is 0 Å². The number of anilines is 3. The lowest BCUT2D eigenvalue weighted by Gasteiger charge is -2.14. The molecule has 20 aromatic rings. The molecule has 8 heterocycles. The molecular formula is C105H84ClN19O2. The van der Waals surface area contributed by atoms with Crippen LogP contribution in [-0.4, -0.2) is 94.1 Å². The van der Waals surface area contributed by atoms with Gasteiger partial charge >= 0.3 is 0 Å². The van der Waals surface area contributed by atoms with Crippen molar-refractivity contribution in [1.29, 1.82) is 26.3 Å². The number of hydrogen-bond acceptors (Lipinski definition) is 19. The van der Waals surface area contributed by atoms with Gasteiger partial charge in [0.15, 0.2) is 11.5 Å². The maximum absolute atomic E-state index is 9.14. The molecule has 0 atom stereocenters. The van der Waals surface area contributed by atoms with Crippen molar-refractivity contribution in [3.63, 3.8) is 0 Å². The van der Waals surface area contributed by atoms with Gasteiger partial charge in [-0.1, -0.05) is 66.2 Å². The number of nitrogens with zero attached hydrogens (tertiary/aromatic N) is 15. The monoisotopic (exact) mass is 1680 g/mol. The standard InChI is InChI=1S/C21H20N4O2.C18H15N3.C17H14N4.C17H13N3.C17H14N2.C15H8ClN3/c1-25(2)6-7-27-20-10-17-15(9-19(20)26-3)21-16(12-23-17)14-5-4-13(11-22)8-18(14)24-21;1-12-8-16-17(6-7-20-18(16)9-13(12)2)21-15-5-3-4-14(10-15)11-19;1-10-5-15-16(6-11(10)2)21-17(9-20-15)13-4-3-12(8-18)7-14(13)19;1-11-7-15-16(8-12(11)2)20-17(10-19-15)14-5-3-13(9-18)4-6-14;1-10-7-13-16(8-11(10)2)18-9-14-12-5-3-4-6-15(12)19-17(13)14;16-12-4-5-13-14(7-12)18-9-15(19-13)11-3-1-2-10(6-11)8-17/h4-5,8-10,12,24H,6-7H2,1-3H3;3-10H,1-2H3,(H,20,21);3-7,9H,19H2,1-2H3;3-8,10H,1-2H3;3-9,19H,1-2H3;1-7,9H. The van der Waals surface area contributed by atoms with E-state index in [9.17, 15) is 0 Å². The Balaban J connectivity index is 0.000000118. The van der Waals surface area contributed by atoms with Crippen LogP contribution in [0.4, 0.5) is 17.1 Å². The Hall–Kier alpha value is -16.6. The zero-order valence-electron chi connectivity index (χ0n) is 71.6. The van der Waals surface area contributed by atoms with Crippen LogP contribution in [0.2, 0.25) is 5.02 Å². The number of nitrogens with two attached hydrogens (primary N) is 1. The van der Waals surface area contributed by atoms with E-state index in [0.29, 0.717) is 62.3 Å². The number of nitrogens with one attached hydrogen (secondary N) is 3. The van der Waals surface area contributed by atoms with Crippen molar-refractivity contribution < 1.29 is 9.47 Å². The van der Waals surface area contributed by atoms with Gasteiger partial charge in [-0.2, -0.15) is 26.3 Å². The topological polar surface area (TPSA) is 326 Å². The second-order valence-corrected chi connectivity index (χ2v) is 31.5. The van der Waals surface area contributed by atoms with Crippen LogP contribution in [-0.2, 0) is 0 Å². The maximum atomic E-state index is 9.14. The van der Waals surface area contributed by atoms with E-state index in [4.69, 9.17) is 53.1 Å². The number of benzene rings is 12. The smallest absolute Gasteiger partial charge is 0.163 e. The molecule has 0 unspecified atom stereocenters. The predicted molar refractivity (Wildman–Crippen MR) is 510 cm³/mol. The molecular weight excluding hydrogens is 1590 g/mol. The highest BCUT2D eigenvalue weighted by Crippen LogP contribution is 2.39. The first-order valence-corrected chi connectivity index (χ1v) is 41.1. The molecule has 22 heteroatoms. The minimum Gasteiger partial charge on any atom is -0.493 e. The van der Waals surface area contributed by atoms with E-state index in [-0.39, 0.29) is 0 Å². The van der Waals surface area contributed by atoms with Gasteiger partial charge in [0.25, 0.3) is 0 Å². The number of halogens is 1. The fourth-order valence-electron chi connectivity index (χ4n) is 14.6. The van der Waals surface area contributed by atoms with Crippen molar-refractivity contribution in [3.8, 4) is 75.6 Å². The number of rotatable bonds is 10. The molecule has 0 aliphatic rings. The second kappa shape index (κ2) is 37.8. The molecule has 0 bridgehead atoms. The van der Waals surface area contributed by atoms with E-state index < -0.39 is 0 Å². The minimum absolute atomic E-state index is 0.534. The van der Waals surface area contributed by atoms with Crippen molar-refractivity contribution >= 4 is 138 Å². The minimum atomic E-state index is 0.534. The number of aryl methyl sites for hydroxylation is 8. The van der Waals surface area contributed by atoms with Gasteiger partial charge in [0.2, 0.25) is 0 Å². The van der Waals surface area contributed by atoms with Gasteiger partial charge in [-0.05, 0) is 272 Å². The number of H-pyrrole nitrogens is 2. The summed E-state index contributed by atoms with van der Waals surface area (Å²) in [6.07, 6.45) is 10.8.